The molecule has 2 heteroatoms. The zero-order chi connectivity index (χ0) is 12.7. The number of hydrogen-bond donors (Lipinski definition) is 1. The maximum atomic E-state index is 3.29. The topological polar surface area (TPSA) is 15.3 Å². The minimum absolute atomic E-state index is 0.617. The highest BCUT2D eigenvalue weighted by Crippen LogP contribution is 2.15. The highest BCUT2D eigenvalue weighted by molar-refractivity contribution is 5.47. The Morgan fingerprint density at radius 2 is 1.88 bits per heavy atom. The second-order valence-corrected chi connectivity index (χ2v) is 4.75. The van der Waals surface area contributed by atoms with Crippen LogP contribution in [0.1, 0.15) is 32.3 Å². The molecule has 0 aliphatic carbocycles. The summed E-state index contributed by atoms with van der Waals surface area (Å²) in [6, 6.07) is 9.44. The number of benzene rings is 1. The lowest BCUT2D eigenvalue weighted by atomic mass is 10.1. The molecule has 2 nitrogen and oxygen atoms in total. The lowest BCUT2D eigenvalue weighted by Crippen LogP contribution is -2.27. The van der Waals surface area contributed by atoms with Crippen LogP contribution in [0.3, 0.4) is 0 Å². The van der Waals surface area contributed by atoms with Gasteiger partial charge in [-0.1, -0.05) is 17.7 Å². The molecule has 0 aromatic heterocycles. The van der Waals surface area contributed by atoms with E-state index >= 15 is 0 Å². The predicted octanol–water partition coefficient (Wildman–Crippen LogP) is 3.21. The normalized spacial score (nSPS) is 12.5. The molecule has 0 radical (unpaired) electrons. The number of rotatable bonds is 7. The zero-order valence-corrected chi connectivity index (χ0v) is 11.7. The average Bonchev–Trinajstić information content (AvgIpc) is 2.35. The summed E-state index contributed by atoms with van der Waals surface area (Å²) >= 11 is 0. The standard InChI is InChI=1S/C15H26N2/c1-5-17(12-6-7-14(3)16-4)15-10-8-13(2)9-11-15/h8-11,14,16H,5-7,12H2,1-4H3. The van der Waals surface area contributed by atoms with Crippen molar-refractivity contribution in [2.24, 2.45) is 0 Å². The van der Waals surface area contributed by atoms with Gasteiger partial charge in [0, 0.05) is 24.8 Å². The van der Waals surface area contributed by atoms with E-state index < -0.39 is 0 Å². The van der Waals surface area contributed by atoms with Crippen molar-refractivity contribution in [1.29, 1.82) is 0 Å². The van der Waals surface area contributed by atoms with Crippen LogP contribution in [0.25, 0.3) is 0 Å². The van der Waals surface area contributed by atoms with Gasteiger partial charge < -0.3 is 10.2 Å². The van der Waals surface area contributed by atoms with Gasteiger partial charge in [-0.25, -0.2) is 0 Å². The first kappa shape index (κ1) is 14.0. The summed E-state index contributed by atoms with van der Waals surface area (Å²) in [6.07, 6.45) is 2.47. The van der Waals surface area contributed by atoms with Crippen molar-refractivity contribution in [1.82, 2.24) is 5.32 Å². The summed E-state index contributed by atoms with van der Waals surface area (Å²) in [7, 11) is 2.03. The molecule has 1 atom stereocenters. The van der Waals surface area contributed by atoms with E-state index in [2.05, 4.69) is 55.3 Å². The van der Waals surface area contributed by atoms with Crippen LogP contribution < -0.4 is 10.2 Å². The Hall–Kier alpha value is -1.02. The fraction of sp³-hybridized carbons (Fsp3) is 0.600. The summed E-state index contributed by atoms with van der Waals surface area (Å²) in [4.78, 5) is 2.45. The van der Waals surface area contributed by atoms with Gasteiger partial charge in [0.2, 0.25) is 0 Å². The van der Waals surface area contributed by atoms with Gasteiger partial charge in [-0.15, -0.1) is 0 Å². The molecule has 0 spiro atoms. The van der Waals surface area contributed by atoms with Crippen molar-refractivity contribution in [2.45, 2.75) is 39.7 Å². The zero-order valence-electron chi connectivity index (χ0n) is 11.7. The van der Waals surface area contributed by atoms with Gasteiger partial charge in [-0.05, 0) is 52.8 Å². The molecule has 96 valence electrons. The minimum Gasteiger partial charge on any atom is -0.372 e. The van der Waals surface area contributed by atoms with Gasteiger partial charge >= 0.3 is 0 Å². The quantitative estimate of drug-likeness (QED) is 0.779. The number of nitrogens with one attached hydrogen (secondary N) is 1. The fourth-order valence-electron chi connectivity index (χ4n) is 1.96. The van der Waals surface area contributed by atoms with Gasteiger partial charge in [-0.2, -0.15) is 0 Å². The SMILES string of the molecule is CCN(CCCC(C)NC)c1ccc(C)cc1. The van der Waals surface area contributed by atoms with Gasteiger partial charge in [0.25, 0.3) is 0 Å². The highest BCUT2D eigenvalue weighted by Gasteiger charge is 2.04. The van der Waals surface area contributed by atoms with Crippen LogP contribution >= 0.6 is 0 Å². The molecule has 1 aromatic carbocycles. The first-order chi connectivity index (χ1) is 8.17. The van der Waals surface area contributed by atoms with E-state index in [1.807, 2.05) is 7.05 Å². The number of aryl methyl sites for hydroxylation is 1. The Balaban J connectivity index is 2.45. The molecule has 0 aliphatic heterocycles. The van der Waals surface area contributed by atoms with E-state index in [9.17, 15) is 0 Å². The maximum absolute atomic E-state index is 3.29. The second-order valence-electron chi connectivity index (χ2n) is 4.75. The van der Waals surface area contributed by atoms with E-state index in [4.69, 9.17) is 0 Å². The summed E-state index contributed by atoms with van der Waals surface area (Å²) in [5.41, 5.74) is 2.67. The fourth-order valence-corrected chi connectivity index (χ4v) is 1.96. The molecule has 17 heavy (non-hydrogen) atoms. The molecule has 0 saturated carbocycles. The van der Waals surface area contributed by atoms with E-state index in [1.54, 1.807) is 0 Å². The van der Waals surface area contributed by atoms with Crippen LogP contribution in [0.5, 0.6) is 0 Å². The number of hydrogen-bond acceptors (Lipinski definition) is 2. The van der Waals surface area contributed by atoms with E-state index in [0.29, 0.717) is 6.04 Å². The van der Waals surface area contributed by atoms with Crippen LogP contribution in [-0.2, 0) is 0 Å². The Labute approximate surface area is 106 Å². The largest absolute Gasteiger partial charge is 0.372 e. The summed E-state index contributed by atoms with van der Waals surface area (Å²) < 4.78 is 0. The molecule has 1 rings (SSSR count). The van der Waals surface area contributed by atoms with E-state index in [1.165, 1.54) is 24.1 Å². The minimum atomic E-state index is 0.617. The second kappa shape index (κ2) is 7.33. The molecule has 1 aromatic rings. The first-order valence-electron chi connectivity index (χ1n) is 6.66. The summed E-state index contributed by atoms with van der Waals surface area (Å²) in [5, 5.41) is 3.29. The Kier molecular flexibility index (Phi) is 6.06. The lowest BCUT2D eigenvalue weighted by molar-refractivity contribution is 0.539. The van der Waals surface area contributed by atoms with Gasteiger partial charge in [-0.3, -0.25) is 0 Å². The van der Waals surface area contributed by atoms with Crippen molar-refractivity contribution in [2.75, 3.05) is 25.0 Å². The molecule has 1 unspecified atom stereocenters. The molecule has 0 aliphatic rings. The van der Waals surface area contributed by atoms with Crippen molar-refractivity contribution >= 4 is 5.69 Å². The Morgan fingerprint density at radius 3 is 2.41 bits per heavy atom. The number of nitrogens with zero attached hydrogens (tertiary/aromatic N) is 1. The number of anilines is 1. The van der Waals surface area contributed by atoms with Crippen LogP contribution in [0, 0.1) is 6.92 Å². The Morgan fingerprint density at radius 1 is 1.24 bits per heavy atom. The third-order valence-electron chi connectivity index (χ3n) is 3.34. The third kappa shape index (κ3) is 4.78. The Bertz CT molecular complexity index is 305. The van der Waals surface area contributed by atoms with Crippen LogP contribution in [-0.4, -0.2) is 26.2 Å². The van der Waals surface area contributed by atoms with Crippen LogP contribution in [0.4, 0.5) is 5.69 Å². The van der Waals surface area contributed by atoms with Crippen LogP contribution in [0.2, 0.25) is 0 Å². The molecule has 0 fully saturated rings. The van der Waals surface area contributed by atoms with Crippen molar-refractivity contribution < 1.29 is 0 Å². The predicted molar refractivity (Wildman–Crippen MR) is 76.8 cm³/mol. The molecule has 0 saturated heterocycles. The molecule has 0 heterocycles. The summed E-state index contributed by atoms with van der Waals surface area (Å²) in [6.45, 7) is 8.82. The third-order valence-corrected chi connectivity index (χ3v) is 3.34. The monoisotopic (exact) mass is 234 g/mol. The van der Waals surface area contributed by atoms with Crippen molar-refractivity contribution in [3.63, 3.8) is 0 Å². The molecule has 0 amide bonds. The van der Waals surface area contributed by atoms with E-state index in [-0.39, 0.29) is 0 Å². The molecular weight excluding hydrogens is 208 g/mol. The van der Waals surface area contributed by atoms with Gasteiger partial charge in [0.1, 0.15) is 0 Å². The lowest BCUT2D eigenvalue weighted by Gasteiger charge is -2.24. The van der Waals surface area contributed by atoms with Gasteiger partial charge in [0.15, 0.2) is 0 Å². The smallest absolute Gasteiger partial charge is 0.0366 e. The van der Waals surface area contributed by atoms with Gasteiger partial charge in [0.05, 0.1) is 0 Å². The highest BCUT2D eigenvalue weighted by atomic mass is 15.1. The molecule has 0 bridgehead atoms. The van der Waals surface area contributed by atoms with E-state index in [0.717, 1.165) is 13.1 Å². The maximum Gasteiger partial charge on any atom is 0.0366 e. The van der Waals surface area contributed by atoms with Crippen molar-refractivity contribution in [3.05, 3.63) is 29.8 Å². The first-order valence-corrected chi connectivity index (χ1v) is 6.66. The average molecular weight is 234 g/mol. The van der Waals surface area contributed by atoms with Crippen LogP contribution in [0.15, 0.2) is 24.3 Å². The van der Waals surface area contributed by atoms with Crippen molar-refractivity contribution in [3.8, 4) is 0 Å². The molecular formula is C15H26N2. The summed E-state index contributed by atoms with van der Waals surface area (Å²) in [5.74, 6) is 0. The molecule has 1 N–H and O–H groups in total.